The van der Waals surface area contributed by atoms with E-state index in [0.717, 1.165) is 18.8 Å². The summed E-state index contributed by atoms with van der Waals surface area (Å²) in [5.74, 6) is -0.571. The Morgan fingerprint density at radius 3 is 2.36 bits per heavy atom. The first-order valence-corrected chi connectivity index (χ1v) is 14.2. The molecule has 0 unspecified atom stereocenters. The van der Waals surface area contributed by atoms with Crippen LogP contribution in [0.1, 0.15) is 29.6 Å². The van der Waals surface area contributed by atoms with Crippen molar-refractivity contribution in [2.45, 2.75) is 24.2 Å². The van der Waals surface area contributed by atoms with E-state index in [4.69, 9.17) is 14.2 Å². The molecule has 1 fully saturated rings. The van der Waals surface area contributed by atoms with Crippen molar-refractivity contribution in [3.8, 4) is 11.5 Å². The first kappa shape index (κ1) is 26.4. The van der Waals surface area contributed by atoms with Gasteiger partial charge in [0.1, 0.15) is 13.2 Å². The summed E-state index contributed by atoms with van der Waals surface area (Å²) in [5.41, 5.74) is 1.68. The van der Waals surface area contributed by atoms with Crippen molar-refractivity contribution in [1.82, 2.24) is 0 Å². The Hall–Kier alpha value is -4.25. The molecule has 0 aliphatic carbocycles. The van der Waals surface area contributed by atoms with Crippen LogP contribution >= 0.6 is 0 Å². The molecule has 0 aromatic heterocycles. The van der Waals surface area contributed by atoms with Crippen LogP contribution in [0.2, 0.25) is 0 Å². The number of nitrogens with zero attached hydrogens (tertiary/aromatic N) is 1. The Morgan fingerprint density at radius 1 is 0.872 bits per heavy atom. The van der Waals surface area contributed by atoms with E-state index >= 15 is 0 Å². The maximum absolute atomic E-state index is 13.0. The second-order valence-electron chi connectivity index (χ2n) is 9.18. The van der Waals surface area contributed by atoms with Gasteiger partial charge in [-0.25, -0.2) is 13.2 Å². The molecule has 11 heteroatoms. The highest BCUT2D eigenvalue weighted by Crippen LogP contribution is 2.33. The van der Waals surface area contributed by atoms with Crippen molar-refractivity contribution in [3.05, 3.63) is 72.3 Å². The van der Waals surface area contributed by atoms with E-state index in [-0.39, 0.29) is 16.1 Å². The number of sulfonamides is 1. The van der Waals surface area contributed by atoms with Crippen LogP contribution in [0.3, 0.4) is 0 Å². The molecule has 2 aliphatic heterocycles. The average Bonchev–Trinajstić information content (AvgIpc) is 2.96. The number of amides is 1. The van der Waals surface area contributed by atoms with E-state index in [1.165, 1.54) is 49.6 Å². The summed E-state index contributed by atoms with van der Waals surface area (Å²) in [6.45, 7) is 2.22. The van der Waals surface area contributed by atoms with Gasteiger partial charge in [-0.05, 0) is 67.8 Å². The highest BCUT2D eigenvalue weighted by atomic mass is 32.2. The predicted octanol–water partition coefficient (Wildman–Crippen LogP) is 4.04. The van der Waals surface area contributed by atoms with Crippen LogP contribution in [0, 0.1) is 0 Å². The summed E-state index contributed by atoms with van der Waals surface area (Å²) < 4.78 is 44.6. The molecule has 3 aromatic carbocycles. The molecule has 2 aliphatic rings. The SMILES string of the molecule is O=C(COC(=O)c1ccccc1NS(=O)(=O)c1ccc2c(c1)OCCO2)Nc1ccc(N2CCCCC2)cc1. The van der Waals surface area contributed by atoms with Crippen molar-refractivity contribution in [3.63, 3.8) is 0 Å². The van der Waals surface area contributed by atoms with Gasteiger partial charge in [0.2, 0.25) is 0 Å². The monoisotopic (exact) mass is 551 g/mol. The van der Waals surface area contributed by atoms with Crippen LogP contribution in [0.25, 0.3) is 0 Å². The lowest BCUT2D eigenvalue weighted by atomic mass is 10.1. The van der Waals surface area contributed by atoms with Crippen molar-refractivity contribution >= 4 is 39.0 Å². The zero-order chi connectivity index (χ0) is 27.2. The van der Waals surface area contributed by atoms with E-state index in [0.29, 0.717) is 30.4 Å². The number of carbonyl (C=O) groups excluding carboxylic acids is 2. The first-order chi connectivity index (χ1) is 18.9. The first-order valence-electron chi connectivity index (χ1n) is 12.7. The van der Waals surface area contributed by atoms with Gasteiger partial charge in [0.25, 0.3) is 15.9 Å². The van der Waals surface area contributed by atoms with Gasteiger partial charge < -0.3 is 24.4 Å². The molecule has 204 valence electrons. The number of ether oxygens (including phenoxy) is 3. The predicted molar refractivity (Wildman–Crippen MR) is 146 cm³/mol. The fraction of sp³-hybridized carbons (Fsp3) is 0.286. The number of piperidine rings is 1. The summed E-state index contributed by atoms with van der Waals surface area (Å²) >= 11 is 0. The normalized spacial score (nSPS) is 14.8. The number of hydrogen-bond acceptors (Lipinski definition) is 8. The van der Waals surface area contributed by atoms with Gasteiger partial charge in [-0.1, -0.05) is 12.1 Å². The zero-order valence-corrected chi connectivity index (χ0v) is 22.0. The molecule has 1 saturated heterocycles. The molecule has 1 amide bonds. The van der Waals surface area contributed by atoms with Crippen LogP contribution in [0.4, 0.5) is 17.1 Å². The molecule has 2 N–H and O–H groups in total. The molecule has 10 nitrogen and oxygen atoms in total. The Labute approximate surface area is 226 Å². The van der Waals surface area contributed by atoms with Gasteiger partial charge in [-0.2, -0.15) is 0 Å². The average molecular weight is 552 g/mol. The van der Waals surface area contributed by atoms with E-state index in [1.54, 1.807) is 12.1 Å². The van der Waals surface area contributed by atoms with Crippen LogP contribution in [0.15, 0.2) is 71.6 Å². The smallest absolute Gasteiger partial charge is 0.340 e. The van der Waals surface area contributed by atoms with Gasteiger partial charge in [0.05, 0.1) is 16.1 Å². The number of fused-ring (bicyclic) bond motifs is 1. The number of para-hydroxylation sites is 1. The largest absolute Gasteiger partial charge is 0.486 e. The fourth-order valence-electron chi connectivity index (χ4n) is 4.46. The van der Waals surface area contributed by atoms with Gasteiger partial charge in [-0.15, -0.1) is 0 Å². The molecular formula is C28H29N3O7S. The lowest BCUT2D eigenvalue weighted by Gasteiger charge is -2.28. The van der Waals surface area contributed by atoms with Crippen molar-refractivity contribution in [1.29, 1.82) is 0 Å². The molecule has 0 bridgehead atoms. The Bertz CT molecular complexity index is 1450. The molecule has 2 heterocycles. The lowest BCUT2D eigenvalue weighted by Crippen LogP contribution is -2.29. The second-order valence-corrected chi connectivity index (χ2v) is 10.9. The molecule has 5 rings (SSSR count). The minimum absolute atomic E-state index is 0.0195. The number of hydrogen-bond donors (Lipinski definition) is 2. The highest BCUT2D eigenvalue weighted by molar-refractivity contribution is 7.92. The number of benzene rings is 3. The van der Waals surface area contributed by atoms with E-state index in [9.17, 15) is 18.0 Å². The van der Waals surface area contributed by atoms with Crippen molar-refractivity contribution in [2.75, 3.05) is 47.8 Å². The summed E-state index contributed by atoms with van der Waals surface area (Å²) in [4.78, 5) is 27.5. The third kappa shape index (κ3) is 6.43. The van der Waals surface area contributed by atoms with Crippen LogP contribution in [-0.2, 0) is 19.6 Å². The summed E-state index contributed by atoms with van der Waals surface area (Å²) in [6.07, 6.45) is 3.60. The van der Waals surface area contributed by atoms with E-state index in [2.05, 4.69) is 14.9 Å². The van der Waals surface area contributed by atoms with Crippen molar-refractivity contribution < 1.29 is 32.2 Å². The van der Waals surface area contributed by atoms with Gasteiger partial charge >= 0.3 is 5.97 Å². The number of esters is 1. The molecule has 0 atom stereocenters. The number of rotatable bonds is 8. The van der Waals surface area contributed by atoms with E-state index < -0.39 is 28.5 Å². The zero-order valence-electron chi connectivity index (χ0n) is 21.2. The number of nitrogens with one attached hydrogen (secondary N) is 2. The molecule has 3 aromatic rings. The van der Waals surface area contributed by atoms with Crippen LogP contribution < -0.4 is 24.4 Å². The summed E-state index contributed by atoms with van der Waals surface area (Å²) in [6, 6.07) is 17.8. The summed E-state index contributed by atoms with van der Waals surface area (Å²) in [5, 5.41) is 2.71. The lowest BCUT2D eigenvalue weighted by molar-refractivity contribution is -0.119. The van der Waals surface area contributed by atoms with Crippen molar-refractivity contribution in [2.24, 2.45) is 0 Å². The molecule has 39 heavy (non-hydrogen) atoms. The van der Waals surface area contributed by atoms with Crippen LogP contribution in [0.5, 0.6) is 11.5 Å². The minimum Gasteiger partial charge on any atom is -0.486 e. The third-order valence-electron chi connectivity index (χ3n) is 6.42. The minimum atomic E-state index is -4.06. The Kier molecular flexibility index (Phi) is 7.87. The topological polar surface area (TPSA) is 123 Å². The molecule has 0 spiro atoms. The quantitative estimate of drug-likeness (QED) is 0.402. The Morgan fingerprint density at radius 2 is 1.59 bits per heavy atom. The maximum atomic E-state index is 13.0. The third-order valence-corrected chi connectivity index (χ3v) is 7.79. The van der Waals surface area contributed by atoms with Gasteiger partial charge in [0, 0.05) is 30.5 Å². The Balaban J connectivity index is 1.19. The van der Waals surface area contributed by atoms with Gasteiger partial charge in [-0.3, -0.25) is 9.52 Å². The highest BCUT2D eigenvalue weighted by Gasteiger charge is 2.23. The number of anilines is 3. The standard InChI is InChI=1S/C28H29N3O7S/c32-27(29-20-8-10-21(11-9-20)31-14-4-1-5-15-31)19-38-28(33)23-6-2-3-7-24(23)30-39(34,35)22-12-13-25-26(18-22)37-17-16-36-25/h2-3,6-13,18,30H,1,4-5,14-17,19H2,(H,29,32). The summed E-state index contributed by atoms with van der Waals surface area (Å²) in [7, 11) is -4.06. The second kappa shape index (κ2) is 11.6. The van der Waals surface area contributed by atoms with Crippen LogP contribution in [-0.4, -0.2) is 53.2 Å². The molecular weight excluding hydrogens is 522 g/mol. The van der Waals surface area contributed by atoms with Gasteiger partial charge in [0.15, 0.2) is 18.1 Å². The fourth-order valence-corrected chi connectivity index (χ4v) is 5.55. The maximum Gasteiger partial charge on any atom is 0.340 e. The number of carbonyl (C=O) groups is 2. The molecule has 0 saturated carbocycles. The van der Waals surface area contributed by atoms with E-state index in [1.807, 2.05) is 24.3 Å². The molecule has 0 radical (unpaired) electrons.